The van der Waals surface area contributed by atoms with Gasteiger partial charge in [-0.3, -0.25) is 9.78 Å². The fourth-order valence-corrected chi connectivity index (χ4v) is 6.14. The van der Waals surface area contributed by atoms with E-state index in [0.717, 1.165) is 65.3 Å². The largest absolute Gasteiger partial charge is 0.451 e. The molecule has 0 unspecified atom stereocenters. The number of nitrogens with one attached hydrogen (secondary N) is 1. The number of fused-ring (bicyclic) bond motifs is 1. The monoisotopic (exact) mass is 604 g/mol. The van der Waals surface area contributed by atoms with Crippen LogP contribution in [-0.4, -0.2) is 37.1 Å². The Kier molecular flexibility index (Phi) is 9.10. The van der Waals surface area contributed by atoms with Gasteiger partial charge < -0.3 is 19.9 Å². The molecule has 44 heavy (non-hydrogen) atoms. The van der Waals surface area contributed by atoms with E-state index in [4.69, 9.17) is 16.3 Å². The highest BCUT2D eigenvalue weighted by atomic mass is 35.5. The van der Waals surface area contributed by atoms with Gasteiger partial charge in [-0.15, -0.1) is 0 Å². The predicted molar refractivity (Wildman–Crippen MR) is 180 cm³/mol. The number of benzene rings is 3. The summed E-state index contributed by atoms with van der Waals surface area (Å²) in [6, 6.07) is 26.3. The second-order valence-electron chi connectivity index (χ2n) is 10.8. The summed E-state index contributed by atoms with van der Waals surface area (Å²) in [5, 5.41) is 4.10. The van der Waals surface area contributed by atoms with Gasteiger partial charge in [0.05, 0.1) is 6.54 Å². The number of piperazine rings is 1. The van der Waals surface area contributed by atoms with Gasteiger partial charge in [-0.05, 0) is 89.7 Å². The predicted octanol–water partition coefficient (Wildman–Crippen LogP) is 7.64. The Morgan fingerprint density at radius 1 is 0.932 bits per heavy atom. The molecule has 7 heteroatoms. The maximum Gasteiger partial charge on any atom is 0.294 e. The molecule has 3 aromatic carbocycles. The lowest BCUT2D eigenvalue weighted by molar-refractivity contribution is -0.117. The van der Waals surface area contributed by atoms with E-state index in [9.17, 15) is 4.79 Å². The van der Waals surface area contributed by atoms with Crippen molar-refractivity contribution in [2.24, 2.45) is 0 Å². The maximum absolute atomic E-state index is 14.5. The fourth-order valence-electron chi connectivity index (χ4n) is 6.02. The first-order valence-corrected chi connectivity index (χ1v) is 15.8. The van der Waals surface area contributed by atoms with E-state index in [1.54, 1.807) is 6.20 Å². The molecule has 1 fully saturated rings. The third-order valence-electron chi connectivity index (χ3n) is 8.19. The molecular formula is C37H37ClN4O2. The van der Waals surface area contributed by atoms with Gasteiger partial charge in [0.1, 0.15) is 5.76 Å². The van der Waals surface area contributed by atoms with Crippen molar-refractivity contribution >= 4 is 34.6 Å². The van der Waals surface area contributed by atoms with Crippen molar-refractivity contribution in [1.29, 1.82) is 0 Å². The van der Waals surface area contributed by atoms with Crippen molar-refractivity contribution in [2.75, 3.05) is 36.0 Å². The second kappa shape index (κ2) is 13.5. The van der Waals surface area contributed by atoms with Crippen LogP contribution >= 0.6 is 11.6 Å². The molecule has 3 aliphatic heterocycles. The van der Waals surface area contributed by atoms with E-state index >= 15 is 0 Å². The first-order chi connectivity index (χ1) is 21.6. The lowest BCUT2D eigenvalue weighted by Gasteiger charge is -2.31. The number of aromatic nitrogens is 1. The third kappa shape index (κ3) is 6.14. The van der Waals surface area contributed by atoms with Gasteiger partial charge in [-0.2, -0.15) is 0 Å². The SMILES string of the molecule is CC.O=C1C2=C(CC=C(c3ccc(Cl)cc3)O2)Cc2cc(N3CCNCC3)ccc2N1Cc1ccccc1-c1cccnc1. The molecule has 1 amide bonds. The molecular weight excluding hydrogens is 568 g/mol. The Morgan fingerprint density at radius 2 is 1.73 bits per heavy atom. The van der Waals surface area contributed by atoms with Gasteiger partial charge in [0.25, 0.3) is 5.91 Å². The van der Waals surface area contributed by atoms with Gasteiger partial charge in [0.15, 0.2) is 5.76 Å². The molecule has 0 atom stereocenters. The minimum absolute atomic E-state index is 0.126. The normalized spacial score (nSPS) is 16.2. The van der Waals surface area contributed by atoms with Crippen molar-refractivity contribution in [1.82, 2.24) is 10.3 Å². The van der Waals surface area contributed by atoms with Crippen LogP contribution in [0.15, 0.2) is 109 Å². The number of hydrogen-bond acceptors (Lipinski definition) is 5. The topological polar surface area (TPSA) is 57.7 Å². The molecule has 1 aromatic heterocycles. The minimum atomic E-state index is -0.126. The van der Waals surface area contributed by atoms with E-state index in [1.165, 1.54) is 5.69 Å². The molecule has 1 N–H and O–H groups in total. The van der Waals surface area contributed by atoms with Crippen molar-refractivity contribution in [3.8, 4) is 11.1 Å². The first-order valence-electron chi connectivity index (χ1n) is 15.4. The number of hydrogen-bond donors (Lipinski definition) is 1. The summed E-state index contributed by atoms with van der Waals surface area (Å²) < 4.78 is 6.45. The second-order valence-corrected chi connectivity index (χ2v) is 11.3. The van der Waals surface area contributed by atoms with Crippen LogP contribution in [0.3, 0.4) is 0 Å². The summed E-state index contributed by atoms with van der Waals surface area (Å²) in [5.41, 5.74) is 8.27. The van der Waals surface area contributed by atoms with Gasteiger partial charge >= 0.3 is 0 Å². The number of carbonyl (C=O) groups is 1. The number of amides is 1. The summed E-state index contributed by atoms with van der Waals surface area (Å²) in [7, 11) is 0. The van der Waals surface area contributed by atoms with Crippen LogP contribution in [0.5, 0.6) is 0 Å². The van der Waals surface area contributed by atoms with Gasteiger partial charge in [-0.25, -0.2) is 0 Å². The molecule has 4 aromatic rings. The Morgan fingerprint density at radius 3 is 2.50 bits per heavy atom. The number of rotatable bonds is 5. The summed E-state index contributed by atoms with van der Waals surface area (Å²) in [5.74, 6) is 0.974. The van der Waals surface area contributed by atoms with Crippen LogP contribution < -0.4 is 15.1 Å². The van der Waals surface area contributed by atoms with Gasteiger partial charge in [-0.1, -0.05) is 55.8 Å². The highest BCUT2D eigenvalue weighted by Gasteiger charge is 2.33. The first kappa shape index (κ1) is 29.7. The zero-order chi connectivity index (χ0) is 30.5. The van der Waals surface area contributed by atoms with Crippen molar-refractivity contribution in [3.63, 3.8) is 0 Å². The van der Waals surface area contributed by atoms with Gasteiger partial charge in [0.2, 0.25) is 0 Å². The summed E-state index contributed by atoms with van der Waals surface area (Å²) in [6.07, 6.45) is 7.02. The molecule has 0 bridgehead atoms. The zero-order valence-corrected chi connectivity index (χ0v) is 26.0. The molecule has 7 rings (SSSR count). The van der Waals surface area contributed by atoms with Crippen LogP contribution in [0.1, 0.15) is 37.0 Å². The van der Waals surface area contributed by atoms with E-state index in [-0.39, 0.29) is 5.91 Å². The zero-order valence-electron chi connectivity index (χ0n) is 25.2. The standard InChI is InChI=1S/C35H31ClN4O2.C2H6/c36-29-10-7-24(8-11-29)33-14-9-25-20-28-21-30(39-18-16-37-17-19-39)12-13-32(28)40(35(41)34(25)42-33)23-27-4-1-2-6-31(27)26-5-3-15-38-22-26;1-2/h1-8,10-15,21-22,37H,9,16-20,23H2;1-2H3. The van der Waals surface area contributed by atoms with E-state index < -0.39 is 0 Å². The molecule has 0 radical (unpaired) electrons. The number of carbonyl (C=O) groups excluding carboxylic acids is 1. The summed E-state index contributed by atoms with van der Waals surface area (Å²) in [4.78, 5) is 23.1. The highest BCUT2D eigenvalue weighted by Crippen LogP contribution is 2.40. The van der Waals surface area contributed by atoms with Crippen molar-refractivity contribution in [3.05, 3.63) is 130 Å². The van der Waals surface area contributed by atoms with Crippen LogP contribution in [0.25, 0.3) is 16.9 Å². The Hall–Kier alpha value is -4.39. The Labute approximate surface area is 264 Å². The van der Waals surface area contributed by atoms with Crippen LogP contribution in [0.4, 0.5) is 11.4 Å². The third-order valence-corrected chi connectivity index (χ3v) is 8.45. The van der Waals surface area contributed by atoms with Crippen molar-refractivity contribution < 1.29 is 9.53 Å². The molecule has 0 aliphatic carbocycles. The lowest BCUT2D eigenvalue weighted by Crippen LogP contribution is -2.43. The number of anilines is 2. The number of allylic oxidation sites excluding steroid dienone is 2. The quantitative estimate of drug-likeness (QED) is 0.254. The van der Waals surface area contributed by atoms with E-state index in [0.29, 0.717) is 35.9 Å². The molecule has 0 saturated carbocycles. The average Bonchev–Trinajstić information content (AvgIpc) is 3.20. The Balaban J connectivity index is 0.00000168. The van der Waals surface area contributed by atoms with Crippen LogP contribution in [0, 0.1) is 0 Å². The number of nitrogens with zero attached hydrogens (tertiary/aromatic N) is 3. The Bertz CT molecular complexity index is 1690. The highest BCUT2D eigenvalue weighted by molar-refractivity contribution is 6.30. The average molecular weight is 605 g/mol. The smallest absolute Gasteiger partial charge is 0.294 e. The molecule has 3 aliphatic rings. The molecule has 6 nitrogen and oxygen atoms in total. The summed E-state index contributed by atoms with van der Waals surface area (Å²) >= 11 is 6.14. The molecule has 1 saturated heterocycles. The summed E-state index contributed by atoms with van der Waals surface area (Å²) in [6.45, 7) is 8.26. The number of halogens is 1. The molecule has 0 spiro atoms. The maximum atomic E-state index is 14.5. The van der Waals surface area contributed by atoms with E-state index in [2.05, 4.69) is 57.7 Å². The van der Waals surface area contributed by atoms with Crippen molar-refractivity contribution in [2.45, 2.75) is 33.2 Å². The molecule has 224 valence electrons. The molecule has 4 heterocycles. The lowest BCUT2D eigenvalue weighted by atomic mass is 9.97. The van der Waals surface area contributed by atoms with Gasteiger partial charge in [0, 0.05) is 66.1 Å². The van der Waals surface area contributed by atoms with Crippen LogP contribution in [0.2, 0.25) is 5.02 Å². The number of pyridine rings is 1. The minimum Gasteiger partial charge on any atom is -0.451 e. The van der Waals surface area contributed by atoms with E-state index in [1.807, 2.05) is 67.4 Å². The van der Waals surface area contributed by atoms with Crippen LogP contribution in [-0.2, 0) is 22.5 Å². The number of ether oxygens (including phenoxy) is 1. The fraction of sp³-hybridized carbons (Fsp3) is 0.243.